The van der Waals surface area contributed by atoms with Crippen LogP contribution in [0.4, 0.5) is 0 Å². The van der Waals surface area contributed by atoms with E-state index in [1.807, 2.05) is 25.1 Å². The largest absolute Gasteiger partial charge is 0.357 e. The van der Waals surface area contributed by atoms with Crippen molar-refractivity contribution >= 4 is 51.4 Å². The minimum atomic E-state index is -3.20. The van der Waals surface area contributed by atoms with Crippen LogP contribution in [0.1, 0.15) is 23.6 Å². The summed E-state index contributed by atoms with van der Waals surface area (Å²) in [5, 5.41) is 6.88. The van der Waals surface area contributed by atoms with Gasteiger partial charge in [-0.3, -0.25) is 0 Å². The molecule has 0 saturated carbocycles. The zero-order chi connectivity index (χ0) is 19.2. The van der Waals surface area contributed by atoms with E-state index in [-0.39, 0.29) is 24.0 Å². The molecule has 2 N–H and O–H groups in total. The smallest absolute Gasteiger partial charge is 0.191 e. The Hall–Kier alpha value is -1.39. The maximum Gasteiger partial charge on any atom is 0.191 e. The van der Waals surface area contributed by atoms with Crippen LogP contribution >= 0.6 is 35.6 Å². The summed E-state index contributed by atoms with van der Waals surface area (Å²) in [4.78, 5) is 8.92. The molecule has 0 fully saturated rings. The van der Waals surface area contributed by atoms with Gasteiger partial charge in [0.25, 0.3) is 0 Å². The van der Waals surface area contributed by atoms with Gasteiger partial charge in [-0.25, -0.2) is 18.4 Å². The number of aryl methyl sites for hydroxylation is 1. The topological polar surface area (TPSA) is 83.4 Å². The fourth-order valence-electron chi connectivity index (χ4n) is 2.44. The Labute approximate surface area is 182 Å². The number of pyridine rings is 1. The van der Waals surface area contributed by atoms with Crippen molar-refractivity contribution in [2.75, 3.05) is 12.8 Å². The number of benzene rings is 1. The molecule has 0 atom stereocenters. The Morgan fingerprint density at radius 3 is 2.44 bits per heavy atom. The number of aliphatic imine (C=N–C) groups is 1. The minimum Gasteiger partial charge on any atom is -0.357 e. The lowest BCUT2D eigenvalue weighted by Gasteiger charge is -2.12. The normalized spacial score (nSPS) is 11.6. The van der Waals surface area contributed by atoms with E-state index in [4.69, 9.17) is 11.6 Å². The van der Waals surface area contributed by atoms with Gasteiger partial charge in [0.05, 0.1) is 11.4 Å². The van der Waals surface area contributed by atoms with Crippen LogP contribution < -0.4 is 10.6 Å². The molecule has 1 heterocycles. The molecular weight excluding hydrogens is 499 g/mol. The molecule has 9 heteroatoms. The number of halogens is 2. The van der Waals surface area contributed by atoms with Crippen molar-refractivity contribution in [3.63, 3.8) is 0 Å². The number of rotatable bonds is 6. The second-order valence-electron chi connectivity index (χ2n) is 5.91. The molecule has 0 aliphatic carbocycles. The first-order chi connectivity index (χ1) is 12.3. The number of nitrogens with one attached hydrogen (secondary N) is 2. The Balaban J connectivity index is 0.00000364. The molecule has 1 aromatic heterocycles. The first-order valence-corrected chi connectivity index (χ1v) is 10.5. The molecular formula is C18H24ClIN4O2S. The standard InChI is InChI=1S/C18H23ClN4O2S.HI/c1-4-20-18(23-12-15-6-8-17(19)21-11-15)22-10-14-5-7-16(13(2)9-14)26(3,24)25;/h5-9,11H,4,10,12H2,1-3H3,(H2,20,22,23);1H. The molecule has 0 spiro atoms. The summed E-state index contributed by atoms with van der Waals surface area (Å²) < 4.78 is 23.4. The average Bonchev–Trinajstić information content (AvgIpc) is 2.57. The molecule has 2 aromatic rings. The third kappa shape index (κ3) is 7.63. The Morgan fingerprint density at radius 2 is 1.89 bits per heavy atom. The highest BCUT2D eigenvalue weighted by molar-refractivity contribution is 14.0. The van der Waals surface area contributed by atoms with Crippen molar-refractivity contribution < 1.29 is 8.42 Å². The summed E-state index contributed by atoms with van der Waals surface area (Å²) in [6.07, 6.45) is 2.91. The quantitative estimate of drug-likeness (QED) is 0.263. The van der Waals surface area contributed by atoms with Gasteiger partial charge in [-0.15, -0.1) is 24.0 Å². The zero-order valence-corrected chi connectivity index (χ0v) is 19.4. The zero-order valence-electron chi connectivity index (χ0n) is 15.5. The number of aromatic nitrogens is 1. The predicted molar refractivity (Wildman–Crippen MR) is 121 cm³/mol. The maximum atomic E-state index is 11.7. The molecule has 0 aliphatic rings. The van der Waals surface area contributed by atoms with Crippen molar-refractivity contribution in [3.8, 4) is 0 Å². The third-order valence-corrected chi connectivity index (χ3v) is 5.13. The molecule has 1 aromatic carbocycles. The van der Waals surface area contributed by atoms with Gasteiger partial charge in [0.1, 0.15) is 5.15 Å². The highest BCUT2D eigenvalue weighted by atomic mass is 127. The van der Waals surface area contributed by atoms with E-state index in [9.17, 15) is 8.42 Å². The van der Waals surface area contributed by atoms with Gasteiger partial charge in [0.2, 0.25) is 0 Å². The van der Waals surface area contributed by atoms with Crippen LogP contribution in [0, 0.1) is 6.92 Å². The van der Waals surface area contributed by atoms with Gasteiger partial charge < -0.3 is 10.6 Å². The number of sulfone groups is 1. The third-order valence-electron chi connectivity index (χ3n) is 3.65. The molecule has 0 unspecified atom stereocenters. The maximum absolute atomic E-state index is 11.7. The lowest BCUT2D eigenvalue weighted by molar-refractivity contribution is 0.601. The number of guanidine groups is 1. The van der Waals surface area contributed by atoms with Crippen molar-refractivity contribution in [1.82, 2.24) is 15.6 Å². The van der Waals surface area contributed by atoms with Crippen molar-refractivity contribution in [2.45, 2.75) is 31.8 Å². The van der Waals surface area contributed by atoms with Crippen LogP contribution in [0.5, 0.6) is 0 Å². The summed E-state index contributed by atoms with van der Waals surface area (Å²) in [6, 6.07) is 8.94. The highest BCUT2D eigenvalue weighted by Crippen LogP contribution is 2.16. The SMILES string of the molecule is CCNC(=NCc1ccc(Cl)nc1)NCc1ccc(S(C)(=O)=O)c(C)c1.I. The van der Waals surface area contributed by atoms with Crippen LogP contribution in [-0.2, 0) is 22.9 Å². The Bertz CT molecular complexity index is 887. The van der Waals surface area contributed by atoms with Gasteiger partial charge in [0.15, 0.2) is 15.8 Å². The molecule has 0 aliphatic heterocycles. The second-order valence-corrected chi connectivity index (χ2v) is 8.28. The van der Waals surface area contributed by atoms with Crippen molar-refractivity contribution in [3.05, 3.63) is 58.4 Å². The predicted octanol–water partition coefficient (Wildman–Crippen LogP) is 3.32. The molecule has 0 saturated heterocycles. The minimum absolute atomic E-state index is 0. The summed E-state index contributed by atoms with van der Waals surface area (Å²) in [5.41, 5.74) is 2.68. The number of nitrogens with zero attached hydrogens (tertiary/aromatic N) is 2. The monoisotopic (exact) mass is 522 g/mol. The van der Waals surface area contributed by atoms with Crippen LogP contribution in [0.3, 0.4) is 0 Å². The van der Waals surface area contributed by atoms with E-state index >= 15 is 0 Å². The fraction of sp³-hybridized carbons (Fsp3) is 0.333. The van der Waals surface area contributed by atoms with Gasteiger partial charge in [-0.1, -0.05) is 29.8 Å². The molecule has 148 valence electrons. The van der Waals surface area contributed by atoms with Crippen molar-refractivity contribution in [1.29, 1.82) is 0 Å². The second kappa shape index (κ2) is 10.8. The van der Waals surface area contributed by atoms with E-state index in [1.54, 1.807) is 25.3 Å². The van der Waals surface area contributed by atoms with Crippen LogP contribution in [0.25, 0.3) is 0 Å². The van der Waals surface area contributed by atoms with E-state index in [1.165, 1.54) is 6.26 Å². The lowest BCUT2D eigenvalue weighted by atomic mass is 10.1. The van der Waals surface area contributed by atoms with Gasteiger partial charge in [-0.2, -0.15) is 0 Å². The number of hydrogen-bond donors (Lipinski definition) is 2. The molecule has 0 radical (unpaired) electrons. The van der Waals surface area contributed by atoms with E-state index in [0.717, 1.165) is 23.2 Å². The first-order valence-electron chi connectivity index (χ1n) is 8.22. The van der Waals surface area contributed by atoms with Gasteiger partial charge >= 0.3 is 0 Å². The van der Waals surface area contributed by atoms with E-state index in [2.05, 4.69) is 20.6 Å². The Morgan fingerprint density at radius 1 is 1.19 bits per heavy atom. The van der Waals surface area contributed by atoms with Gasteiger partial charge in [0, 0.05) is 25.5 Å². The summed E-state index contributed by atoms with van der Waals surface area (Å²) >= 11 is 5.78. The molecule has 6 nitrogen and oxygen atoms in total. The van der Waals surface area contributed by atoms with Crippen LogP contribution in [0.15, 0.2) is 46.4 Å². The van der Waals surface area contributed by atoms with Crippen LogP contribution in [-0.4, -0.2) is 32.2 Å². The van der Waals surface area contributed by atoms with Crippen LogP contribution in [0.2, 0.25) is 5.15 Å². The molecule has 0 bridgehead atoms. The number of hydrogen-bond acceptors (Lipinski definition) is 4. The fourth-order valence-corrected chi connectivity index (χ4v) is 3.51. The van der Waals surface area contributed by atoms with E-state index < -0.39 is 9.84 Å². The average molecular weight is 523 g/mol. The summed E-state index contributed by atoms with van der Waals surface area (Å²) in [7, 11) is -3.20. The van der Waals surface area contributed by atoms with Gasteiger partial charge in [-0.05, 0) is 42.7 Å². The Kier molecular flexibility index (Phi) is 9.48. The summed E-state index contributed by atoms with van der Waals surface area (Å²) in [6.45, 7) is 5.54. The highest BCUT2D eigenvalue weighted by Gasteiger charge is 2.11. The lowest BCUT2D eigenvalue weighted by Crippen LogP contribution is -2.36. The summed E-state index contributed by atoms with van der Waals surface area (Å²) in [5.74, 6) is 0.673. The first kappa shape index (κ1) is 23.6. The molecule has 27 heavy (non-hydrogen) atoms. The van der Waals surface area contributed by atoms with Crippen molar-refractivity contribution in [2.24, 2.45) is 4.99 Å². The molecule has 0 amide bonds. The molecule has 2 rings (SSSR count). The van der Waals surface area contributed by atoms with E-state index in [0.29, 0.717) is 29.1 Å².